The highest BCUT2D eigenvalue weighted by Gasteiger charge is 2.26. The highest BCUT2D eigenvalue weighted by Crippen LogP contribution is 2.25. The lowest BCUT2D eigenvalue weighted by Crippen LogP contribution is -2.44. The molecule has 6 heteroatoms. The molecule has 1 amide bonds. The van der Waals surface area contributed by atoms with Crippen LogP contribution in [-0.4, -0.2) is 36.5 Å². The van der Waals surface area contributed by atoms with Gasteiger partial charge in [0.15, 0.2) is 0 Å². The summed E-state index contributed by atoms with van der Waals surface area (Å²) in [6.07, 6.45) is 1.70. The highest BCUT2D eigenvalue weighted by molar-refractivity contribution is 6.35. The maximum Gasteiger partial charge on any atom is 0.223 e. The lowest BCUT2D eigenvalue weighted by atomic mass is 9.95. The minimum Gasteiger partial charge on any atom is -0.491 e. The van der Waals surface area contributed by atoms with Gasteiger partial charge in [0.1, 0.15) is 12.4 Å². The molecule has 1 aliphatic rings. The van der Waals surface area contributed by atoms with E-state index in [4.69, 9.17) is 27.9 Å². The number of piperidine rings is 1. The number of amides is 1. The molecule has 1 heterocycles. The Morgan fingerprint density at radius 1 is 1.21 bits per heavy atom. The molecule has 3 rings (SSSR count). The van der Waals surface area contributed by atoms with Gasteiger partial charge in [-0.25, -0.2) is 0 Å². The topological polar surface area (TPSA) is 41.6 Å². The predicted octanol–water partition coefficient (Wildman–Crippen LogP) is 5.10. The van der Waals surface area contributed by atoms with Crippen molar-refractivity contribution in [2.24, 2.45) is 5.92 Å². The van der Waals surface area contributed by atoms with E-state index in [1.54, 1.807) is 6.07 Å². The van der Waals surface area contributed by atoms with Crippen molar-refractivity contribution in [3.8, 4) is 5.75 Å². The third-order valence-corrected chi connectivity index (χ3v) is 5.93. The van der Waals surface area contributed by atoms with Gasteiger partial charge in [-0.3, -0.25) is 9.69 Å². The van der Waals surface area contributed by atoms with Crippen molar-refractivity contribution >= 4 is 29.1 Å². The summed E-state index contributed by atoms with van der Waals surface area (Å²) in [4.78, 5) is 15.0. The first-order valence-electron chi connectivity index (χ1n) is 10.1. The Balaban J connectivity index is 1.41. The van der Waals surface area contributed by atoms with Gasteiger partial charge in [-0.05, 0) is 69.1 Å². The van der Waals surface area contributed by atoms with Crippen LogP contribution in [0.4, 0.5) is 0 Å². The van der Waals surface area contributed by atoms with E-state index in [-0.39, 0.29) is 17.9 Å². The van der Waals surface area contributed by atoms with Crippen LogP contribution >= 0.6 is 23.2 Å². The van der Waals surface area contributed by atoms with Crippen molar-refractivity contribution < 1.29 is 9.53 Å². The van der Waals surface area contributed by atoms with Crippen molar-refractivity contribution in [1.82, 2.24) is 10.2 Å². The molecule has 156 valence electrons. The van der Waals surface area contributed by atoms with E-state index >= 15 is 0 Å². The number of ether oxygens (including phenoxy) is 1. The van der Waals surface area contributed by atoms with Crippen LogP contribution in [0.15, 0.2) is 42.5 Å². The van der Waals surface area contributed by atoms with Crippen LogP contribution in [0.3, 0.4) is 0 Å². The minimum absolute atomic E-state index is 0.0343. The Hall–Kier alpha value is -1.75. The standard InChI is InChI=1S/C23H28Cl2N2O2/c1-16-5-3-4-6-22(16)29-15-17(2)26-23(28)18-9-11-27(12-10-18)14-19-7-8-20(24)13-21(19)25/h3-8,13,17-18H,9-12,14-15H2,1-2H3,(H,26,28). The molecule has 1 unspecified atom stereocenters. The first-order chi connectivity index (χ1) is 13.9. The van der Waals surface area contributed by atoms with Gasteiger partial charge in [0, 0.05) is 22.5 Å². The maximum absolute atomic E-state index is 12.6. The summed E-state index contributed by atoms with van der Waals surface area (Å²) in [7, 11) is 0. The number of hydrogen-bond acceptors (Lipinski definition) is 3. The predicted molar refractivity (Wildman–Crippen MR) is 119 cm³/mol. The fraction of sp³-hybridized carbons (Fsp3) is 0.435. The number of nitrogens with zero attached hydrogens (tertiary/aromatic N) is 1. The molecule has 4 nitrogen and oxygen atoms in total. The summed E-state index contributed by atoms with van der Waals surface area (Å²) in [5.74, 6) is 1.03. The summed E-state index contributed by atoms with van der Waals surface area (Å²) in [6, 6.07) is 13.5. The van der Waals surface area contributed by atoms with Crippen LogP contribution in [0.2, 0.25) is 10.0 Å². The van der Waals surface area contributed by atoms with Crippen LogP contribution < -0.4 is 10.1 Å². The number of hydrogen-bond donors (Lipinski definition) is 1. The molecular formula is C23H28Cl2N2O2. The minimum atomic E-state index is -0.0343. The van der Waals surface area contributed by atoms with E-state index in [0.29, 0.717) is 16.7 Å². The lowest BCUT2D eigenvalue weighted by molar-refractivity contribution is -0.127. The first-order valence-corrected chi connectivity index (χ1v) is 10.8. The Labute approximate surface area is 183 Å². The number of para-hydroxylation sites is 1. The largest absolute Gasteiger partial charge is 0.491 e. The molecule has 0 radical (unpaired) electrons. The maximum atomic E-state index is 12.6. The molecule has 0 spiro atoms. The van der Waals surface area contributed by atoms with Crippen LogP contribution in [0.5, 0.6) is 5.75 Å². The smallest absolute Gasteiger partial charge is 0.223 e. The Kier molecular flexibility index (Phi) is 7.82. The summed E-state index contributed by atoms with van der Waals surface area (Å²) in [5, 5.41) is 4.44. The van der Waals surface area contributed by atoms with E-state index in [0.717, 1.165) is 49.4 Å². The Bertz CT molecular complexity index is 835. The van der Waals surface area contributed by atoms with E-state index in [2.05, 4.69) is 10.2 Å². The number of rotatable bonds is 7. The molecule has 1 saturated heterocycles. The normalized spacial score (nSPS) is 16.4. The summed E-state index contributed by atoms with van der Waals surface area (Å²) in [5.41, 5.74) is 2.17. The highest BCUT2D eigenvalue weighted by atomic mass is 35.5. The molecule has 1 aliphatic heterocycles. The van der Waals surface area contributed by atoms with Crippen molar-refractivity contribution in [2.45, 2.75) is 39.3 Å². The zero-order valence-electron chi connectivity index (χ0n) is 17.0. The van der Waals surface area contributed by atoms with Crippen LogP contribution in [0.25, 0.3) is 0 Å². The second kappa shape index (κ2) is 10.3. The van der Waals surface area contributed by atoms with Gasteiger partial charge in [-0.2, -0.15) is 0 Å². The third kappa shape index (κ3) is 6.36. The average Bonchev–Trinajstić information content (AvgIpc) is 2.70. The van der Waals surface area contributed by atoms with Crippen molar-refractivity contribution in [3.63, 3.8) is 0 Å². The van der Waals surface area contributed by atoms with E-state index in [9.17, 15) is 4.79 Å². The van der Waals surface area contributed by atoms with Gasteiger partial charge in [-0.15, -0.1) is 0 Å². The van der Waals surface area contributed by atoms with Gasteiger partial charge in [0.05, 0.1) is 6.04 Å². The second-order valence-corrected chi connectivity index (χ2v) is 8.62. The number of carbonyl (C=O) groups is 1. The third-order valence-electron chi connectivity index (χ3n) is 5.34. The molecule has 0 aliphatic carbocycles. The van der Waals surface area contributed by atoms with Gasteiger partial charge in [0.25, 0.3) is 0 Å². The molecule has 2 aromatic rings. The number of carbonyl (C=O) groups excluding carboxylic acids is 1. The molecule has 0 saturated carbocycles. The molecular weight excluding hydrogens is 407 g/mol. The summed E-state index contributed by atoms with van der Waals surface area (Å²) >= 11 is 12.3. The lowest BCUT2D eigenvalue weighted by Gasteiger charge is -2.32. The van der Waals surface area contributed by atoms with Crippen LogP contribution in [0, 0.1) is 12.8 Å². The molecule has 0 bridgehead atoms. The number of nitrogens with one attached hydrogen (secondary N) is 1. The molecule has 29 heavy (non-hydrogen) atoms. The average molecular weight is 435 g/mol. The van der Waals surface area contributed by atoms with Gasteiger partial charge < -0.3 is 10.1 Å². The number of halogens is 2. The van der Waals surface area contributed by atoms with E-state index in [1.165, 1.54) is 0 Å². The fourth-order valence-electron chi connectivity index (χ4n) is 3.58. The molecule has 0 aromatic heterocycles. The zero-order chi connectivity index (χ0) is 20.8. The number of aryl methyl sites for hydroxylation is 1. The van der Waals surface area contributed by atoms with Crippen molar-refractivity contribution in [2.75, 3.05) is 19.7 Å². The molecule has 1 fully saturated rings. The summed E-state index contributed by atoms with van der Waals surface area (Å²) in [6.45, 7) is 7.00. The van der Waals surface area contributed by atoms with Gasteiger partial charge in [-0.1, -0.05) is 47.5 Å². The van der Waals surface area contributed by atoms with E-state index in [1.807, 2.05) is 50.2 Å². The first kappa shape index (κ1) is 21.9. The SMILES string of the molecule is Cc1ccccc1OCC(C)NC(=O)C1CCN(Cc2ccc(Cl)cc2Cl)CC1. The second-order valence-electron chi connectivity index (χ2n) is 7.77. The summed E-state index contributed by atoms with van der Waals surface area (Å²) < 4.78 is 5.84. The Morgan fingerprint density at radius 3 is 2.62 bits per heavy atom. The van der Waals surface area contributed by atoms with Crippen molar-refractivity contribution in [3.05, 3.63) is 63.6 Å². The quantitative estimate of drug-likeness (QED) is 0.658. The van der Waals surface area contributed by atoms with Crippen molar-refractivity contribution in [1.29, 1.82) is 0 Å². The van der Waals surface area contributed by atoms with Gasteiger partial charge >= 0.3 is 0 Å². The van der Waals surface area contributed by atoms with Crippen LogP contribution in [-0.2, 0) is 11.3 Å². The molecule has 1 N–H and O–H groups in total. The molecule has 2 aromatic carbocycles. The van der Waals surface area contributed by atoms with Crippen LogP contribution in [0.1, 0.15) is 30.9 Å². The Morgan fingerprint density at radius 2 is 1.93 bits per heavy atom. The number of benzene rings is 2. The zero-order valence-corrected chi connectivity index (χ0v) is 18.5. The molecule has 1 atom stereocenters. The monoisotopic (exact) mass is 434 g/mol. The van der Waals surface area contributed by atoms with E-state index < -0.39 is 0 Å². The van der Waals surface area contributed by atoms with Gasteiger partial charge in [0.2, 0.25) is 5.91 Å². The number of likely N-dealkylation sites (tertiary alicyclic amines) is 1. The fourth-order valence-corrected chi connectivity index (χ4v) is 4.05.